The van der Waals surface area contributed by atoms with E-state index in [1.807, 2.05) is 0 Å². The first-order valence-electron chi connectivity index (χ1n) is 5.50. The summed E-state index contributed by atoms with van der Waals surface area (Å²) in [6.07, 6.45) is 0. The molecule has 6 heteroatoms. The van der Waals surface area contributed by atoms with E-state index in [0.717, 1.165) is 0 Å². The van der Waals surface area contributed by atoms with Crippen molar-refractivity contribution in [1.29, 1.82) is 0 Å². The predicted molar refractivity (Wildman–Crippen MR) is 67.7 cm³/mol. The molecule has 2 aromatic rings. The average molecular weight is 278 g/mol. The number of ketones is 1. The molecule has 96 valence electrons. The lowest BCUT2D eigenvalue weighted by Crippen LogP contribution is -2.25. The van der Waals surface area contributed by atoms with Crippen LogP contribution in [0, 0.1) is 0 Å². The fraction of sp³-hybridized carbons (Fsp3) is 0.0769. The molecule has 3 rings (SSSR count). The zero-order valence-electron chi connectivity index (χ0n) is 9.60. The second-order valence-electron chi connectivity index (χ2n) is 3.98. The average Bonchev–Trinajstić information content (AvgIpc) is 2.83. The van der Waals surface area contributed by atoms with Crippen LogP contribution in [0.4, 0.5) is 5.69 Å². The Morgan fingerprint density at radius 3 is 2.84 bits per heavy atom. The van der Waals surface area contributed by atoms with Gasteiger partial charge in [-0.2, -0.15) is 0 Å². The summed E-state index contributed by atoms with van der Waals surface area (Å²) >= 11 is 5.63. The van der Waals surface area contributed by atoms with Gasteiger partial charge in [0.15, 0.2) is 17.6 Å². The molecule has 0 saturated heterocycles. The first-order chi connectivity index (χ1) is 9.13. The highest BCUT2D eigenvalue weighted by Gasteiger charge is 2.19. The van der Waals surface area contributed by atoms with Crippen LogP contribution in [0.25, 0.3) is 0 Å². The van der Waals surface area contributed by atoms with Gasteiger partial charge in [-0.3, -0.25) is 9.59 Å². The standard InChI is InChI=1S/C13H8ClNO4/c14-11-4-3-10(19-11)13(17)7-1-2-9-8(5-7)15-12(16)6-18-9/h1-5H,6H2,(H,15,16). The largest absolute Gasteiger partial charge is 0.482 e. The highest BCUT2D eigenvalue weighted by molar-refractivity contribution is 6.29. The third-order valence-electron chi connectivity index (χ3n) is 2.67. The Labute approximate surface area is 113 Å². The summed E-state index contributed by atoms with van der Waals surface area (Å²) in [5.41, 5.74) is 0.857. The summed E-state index contributed by atoms with van der Waals surface area (Å²) in [4.78, 5) is 23.3. The molecular formula is C13H8ClNO4. The normalized spacial score (nSPS) is 13.4. The van der Waals surface area contributed by atoms with Crippen molar-refractivity contribution >= 4 is 29.0 Å². The molecule has 1 aliphatic rings. The number of ether oxygens (including phenoxy) is 1. The van der Waals surface area contributed by atoms with Crippen LogP contribution in [0.1, 0.15) is 16.1 Å². The molecular weight excluding hydrogens is 270 g/mol. The number of halogens is 1. The van der Waals surface area contributed by atoms with Crippen molar-refractivity contribution in [3.8, 4) is 5.75 Å². The minimum atomic E-state index is -0.311. The van der Waals surface area contributed by atoms with Gasteiger partial charge in [-0.25, -0.2) is 0 Å². The van der Waals surface area contributed by atoms with Crippen LogP contribution in [-0.4, -0.2) is 18.3 Å². The molecule has 0 unspecified atom stereocenters. The molecule has 0 aliphatic carbocycles. The van der Waals surface area contributed by atoms with Crippen LogP contribution in [0.15, 0.2) is 34.7 Å². The number of anilines is 1. The fourth-order valence-electron chi connectivity index (χ4n) is 1.80. The molecule has 0 saturated carbocycles. The van der Waals surface area contributed by atoms with E-state index in [-0.39, 0.29) is 29.3 Å². The molecule has 1 aliphatic heterocycles. The molecule has 0 spiro atoms. The first-order valence-corrected chi connectivity index (χ1v) is 5.88. The van der Waals surface area contributed by atoms with Crippen molar-refractivity contribution < 1.29 is 18.7 Å². The van der Waals surface area contributed by atoms with Crippen LogP contribution < -0.4 is 10.1 Å². The van der Waals surface area contributed by atoms with Crippen LogP contribution in [0.2, 0.25) is 5.22 Å². The second kappa shape index (κ2) is 4.44. The van der Waals surface area contributed by atoms with Gasteiger partial charge in [0.1, 0.15) is 5.75 Å². The van der Waals surface area contributed by atoms with Crippen molar-refractivity contribution in [2.45, 2.75) is 0 Å². The summed E-state index contributed by atoms with van der Waals surface area (Å²) < 4.78 is 10.3. The molecule has 0 radical (unpaired) electrons. The number of hydrogen-bond donors (Lipinski definition) is 1. The third-order valence-corrected chi connectivity index (χ3v) is 2.87. The Bertz CT molecular complexity index is 677. The van der Waals surface area contributed by atoms with Crippen molar-refractivity contribution in [2.24, 2.45) is 0 Å². The van der Waals surface area contributed by atoms with Gasteiger partial charge in [-0.05, 0) is 41.9 Å². The summed E-state index contributed by atoms with van der Waals surface area (Å²) in [6.45, 7) is -0.0198. The Kier molecular flexibility index (Phi) is 2.76. The molecule has 0 atom stereocenters. The third kappa shape index (κ3) is 2.20. The molecule has 0 bridgehead atoms. The molecule has 0 fully saturated rings. The second-order valence-corrected chi connectivity index (χ2v) is 4.35. The van der Waals surface area contributed by atoms with E-state index < -0.39 is 0 Å². The van der Waals surface area contributed by atoms with Gasteiger partial charge in [0.05, 0.1) is 5.69 Å². The molecule has 1 N–H and O–H groups in total. The van der Waals surface area contributed by atoms with Crippen LogP contribution >= 0.6 is 11.6 Å². The highest BCUT2D eigenvalue weighted by Crippen LogP contribution is 2.29. The van der Waals surface area contributed by atoms with E-state index in [0.29, 0.717) is 17.0 Å². The van der Waals surface area contributed by atoms with Gasteiger partial charge < -0.3 is 14.5 Å². The number of furan rings is 1. The Hall–Kier alpha value is -2.27. The van der Waals surface area contributed by atoms with E-state index in [1.54, 1.807) is 18.2 Å². The van der Waals surface area contributed by atoms with E-state index in [4.69, 9.17) is 20.8 Å². The topological polar surface area (TPSA) is 68.5 Å². The Morgan fingerprint density at radius 1 is 1.26 bits per heavy atom. The lowest BCUT2D eigenvalue weighted by atomic mass is 10.1. The summed E-state index contributed by atoms with van der Waals surface area (Å²) in [5, 5.41) is 2.79. The fourth-order valence-corrected chi connectivity index (χ4v) is 1.95. The number of carbonyl (C=O) groups excluding carboxylic acids is 2. The van der Waals surface area contributed by atoms with Gasteiger partial charge in [0, 0.05) is 5.56 Å². The first kappa shape index (κ1) is 11.8. The van der Waals surface area contributed by atoms with E-state index in [1.165, 1.54) is 12.1 Å². The van der Waals surface area contributed by atoms with Gasteiger partial charge in [-0.15, -0.1) is 0 Å². The van der Waals surface area contributed by atoms with Crippen molar-refractivity contribution in [2.75, 3.05) is 11.9 Å². The number of carbonyl (C=O) groups is 2. The smallest absolute Gasteiger partial charge is 0.262 e. The van der Waals surface area contributed by atoms with Crippen LogP contribution in [-0.2, 0) is 4.79 Å². The summed E-state index contributed by atoms with van der Waals surface area (Å²) in [5.74, 6) is 0.120. The molecule has 1 amide bonds. The molecule has 19 heavy (non-hydrogen) atoms. The van der Waals surface area contributed by atoms with E-state index in [2.05, 4.69) is 5.32 Å². The zero-order chi connectivity index (χ0) is 13.4. The van der Waals surface area contributed by atoms with Crippen LogP contribution in [0.3, 0.4) is 0 Å². The Morgan fingerprint density at radius 2 is 2.11 bits per heavy atom. The monoisotopic (exact) mass is 277 g/mol. The maximum Gasteiger partial charge on any atom is 0.262 e. The highest BCUT2D eigenvalue weighted by atomic mass is 35.5. The number of rotatable bonds is 2. The number of hydrogen-bond acceptors (Lipinski definition) is 4. The predicted octanol–water partition coefficient (Wildman–Crippen LogP) is 2.49. The quantitative estimate of drug-likeness (QED) is 0.856. The summed E-state index contributed by atoms with van der Waals surface area (Å²) in [7, 11) is 0. The van der Waals surface area contributed by atoms with Gasteiger partial charge >= 0.3 is 0 Å². The number of benzene rings is 1. The van der Waals surface area contributed by atoms with Gasteiger partial charge in [0.2, 0.25) is 5.78 Å². The van der Waals surface area contributed by atoms with E-state index >= 15 is 0 Å². The summed E-state index contributed by atoms with van der Waals surface area (Å²) in [6, 6.07) is 7.78. The number of amides is 1. The van der Waals surface area contributed by atoms with Gasteiger partial charge in [-0.1, -0.05) is 0 Å². The van der Waals surface area contributed by atoms with E-state index in [9.17, 15) is 9.59 Å². The lowest BCUT2D eigenvalue weighted by molar-refractivity contribution is -0.118. The SMILES string of the molecule is O=C1COc2ccc(C(=O)c3ccc(Cl)o3)cc2N1. The molecule has 1 aromatic carbocycles. The van der Waals surface area contributed by atoms with Crippen LogP contribution in [0.5, 0.6) is 5.75 Å². The van der Waals surface area contributed by atoms with Crippen molar-refractivity contribution in [3.63, 3.8) is 0 Å². The van der Waals surface area contributed by atoms with Crippen molar-refractivity contribution in [3.05, 3.63) is 46.9 Å². The molecule has 2 heterocycles. The minimum absolute atomic E-state index is 0.0198. The maximum atomic E-state index is 12.1. The minimum Gasteiger partial charge on any atom is -0.482 e. The number of nitrogens with one attached hydrogen (secondary N) is 1. The molecule has 1 aromatic heterocycles. The Balaban J connectivity index is 1.96. The van der Waals surface area contributed by atoms with Crippen molar-refractivity contribution in [1.82, 2.24) is 0 Å². The number of fused-ring (bicyclic) bond motifs is 1. The lowest BCUT2D eigenvalue weighted by Gasteiger charge is -2.18. The van der Waals surface area contributed by atoms with Gasteiger partial charge in [0.25, 0.3) is 5.91 Å². The maximum absolute atomic E-state index is 12.1. The molecule has 5 nitrogen and oxygen atoms in total. The zero-order valence-corrected chi connectivity index (χ0v) is 10.4.